The van der Waals surface area contributed by atoms with E-state index in [0.29, 0.717) is 42.4 Å². The summed E-state index contributed by atoms with van der Waals surface area (Å²) in [6, 6.07) is 40.7. The van der Waals surface area contributed by atoms with Crippen LogP contribution in [0.2, 0.25) is 0 Å². The van der Waals surface area contributed by atoms with E-state index in [1.54, 1.807) is 18.2 Å². The predicted octanol–water partition coefficient (Wildman–Crippen LogP) is 10.4. The Morgan fingerprint density at radius 2 is 0.771 bits per heavy atom. The quantitative estimate of drug-likeness (QED) is 0.0491. The van der Waals surface area contributed by atoms with Gasteiger partial charge in [0.25, 0.3) is 0 Å². The number of phenols is 1. The first-order valence-electron chi connectivity index (χ1n) is 27.7. The Balaban J connectivity index is 0.000000180. The van der Waals surface area contributed by atoms with Gasteiger partial charge in [0.2, 0.25) is 0 Å². The largest absolute Gasteiger partial charge is 0.508 e. The van der Waals surface area contributed by atoms with Crippen LogP contribution in [-0.2, 0) is 50.3 Å². The van der Waals surface area contributed by atoms with Gasteiger partial charge in [0.15, 0.2) is 29.5 Å². The molecule has 0 spiro atoms. The lowest BCUT2D eigenvalue weighted by molar-refractivity contribution is 0.295. The van der Waals surface area contributed by atoms with Gasteiger partial charge in [0, 0.05) is 28.7 Å². The maximum Gasteiger partial charge on any atom is 0.446 e. The normalized spacial score (nSPS) is 23.0. The van der Waals surface area contributed by atoms with Crippen molar-refractivity contribution in [3.63, 3.8) is 0 Å². The molecule has 3 unspecified atom stereocenters. The minimum Gasteiger partial charge on any atom is -0.508 e. The Morgan fingerprint density at radius 1 is 0.446 bits per heavy atom. The van der Waals surface area contributed by atoms with Crippen LogP contribution in [0, 0.1) is 0 Å². The number of hydrogen-bond acceptors (Lipinski definition) is 16. The van der Waals surface area contributed by atoms with E-state index < -0.39 is 79.0 Å². The molecule has 3 heterocycles. The summed E-state index contributed by atoms with van der Waals surface area (Å²) in [5.74, 6) is -0.708. The van der Waals surface area contributed by atoms with Crippen molar-refractivity contribution in [2.24, 2.45) is 0 Å². The van der Waals surface area contributed by atoms with Crippen molar-refractivity contribution >= 4 is 50.3 Å². The fourth-order valence-electron chi connectivity index (χ4n) is 11.5. The van der Waals surface area contributed by atoms with E-state index in [4.69, 9.17) is 9.11 Å². The van der Waals surface area contributed by atoms with Gasteiger partial charge >= 0.3 is 20.8 Å². The van der Waals surface area contributed by atoms with Gasteiger partial charge < -0.3 is 13.5 Å². The second-order valence-corrected chi connectivity index (χ2v) is 29.4. The molecule has 0 amide bonds. The van der Waals surface area contributed by atoms with Gasteiger partial charge in [0.05, 0.1) is 50.1 Å². The highest BCUT2D eigenvalue weighted by atomic mass is 32.3. The number of phenolic OH excluding ortho intramolecular Hbond substituents is 1. The first-order chi connectivity index (χ1) is 39.1. The molecule has 3 aliphatic rings. The lowest BCUT2D eigenvalue weighted by Crippen LogP contribution is -2.50. The molecule has 0 radical (unpaired) electrons. The van der Waals surface area contributed by atoms with E-state index in [0.717, 1.165) is 54.9 Å². The van der Waals surface area contributed by atoms with Crippen LogP contribution in [-0.4, -0.2) is 90.2 Å². The van der Waals surface area contributed by atoms with Gasteiger partial charge in [-0.3, -0.25) is 25.1 Å². The van der Waals surface area contributed by atoms with Crippen LogP contribution in [0.4, 0.5) is 0 Å². The summed E-state index contributed by atoms with van der Waals surface area (Å²) in [6.45, 7) is 12.0. The van der Waals surface area contributed by atoms with Crippen LogP contribution in [0.15, 0.2) is 160 Å². The zero-order valence-corrected chi connectivity index (χ0v) is 51.4. The summed E-state index contributed by atoms with van der Waals surface area (Å²) in [4.78, 5) is 0.246. The number of unbranched alkanes of at least 4 members (excludes halogenated alkanes) is 1. The molecule has 3 aliphatic heterocycles. The van der Waals surface area contributed by atoms with Gasteiger partial charge in [-0.1, -0.05) is 170 Å². The maximum atomic E-state index is 13.4. The van der Waals surface area contributed by atoms with E-state index in [1.165, 1.54) is 30.3 Å². The van der Waals surface area contributed by atoms with Gasteiger partial charge in [-0.15, -0.1) is 0 Å². The van der Waals surface area contributed by atoms with Crippen molar-refractivity contribution in [3.8, 4) is 17.2 Å². The van der Waals surface area contributed by atoms with Gasteiger partial charge in [0.1, 0.15) is 17.2 Å². The highest BCUT2D eigenvalue weighted by molar-refractivity contribution is 7.92. The highest BCUT2D eigenvalue weighted by Crippen LogP contribution is 2.43. The summed E-state index contributed by atoms with van der Waals surface area (Å²) in [5, 5.41) is 20.7. The van der Waals surface area contributed by atoms with Crippen LogP contribution in [0.25, 0.3) is 0 Å². The van der Waals surface area contributed by atoms with Crippen LogP contribution >= 0.6 is 0 Å². The third-order valence-electron chi connectivity index (χ3n) is 15.9. The molecular formula is C60H75N3O15S5. The Kier molecular flexibility index (Phi) is 20.5. The molecule has 23 heteroatoms. The topological polar surface area (TPSA) is 286 Å². The van der Waals surface area contributed by atoms with Crippen molar-refractivity contribution < 1.29 is 64.7 Å². The zero-order valence-electron chi connectivity index (χ0n) is 47.4. The van der Waals surface area contributed by atoms with Crippen molar-refractivity contribution in [2.45, 2.75) is 149 Å². The third-order valence-corrected chi connectivity index (χ3v) is 22.6. The maximum absolute atomic E-state index is 13.4. The third kappa shape index (κ3) is 15.8. The number of hydrogen-bond donors (Lipinski definition) is 6. The highest BCUT2D eigenvalue weighted by Gasteiger charge is 2.45. The molecule has 0 aliphatic carbocycles. The Bertz CT molecular complexity index is 3800. The van der Waals surface area contributed by atoms with Crippen LogP contribution in [0.1, 0.15) is 151 Å². The molecule has 18 nitrogen and oxygen atoms in total. The summed E-state index contributed by atoms with van der Waals surface area (Å²) in [5.41, 5.74) is 2.83. The average molecular weight is 1240 g/mol. The van der Waals surface area contributed by atoms with Crippen molar-refractivity contribution in [1.82, 2.24) is 16.0 Å². The molecule has 5 atom stereocenters. The summed E-state index contributed by atoms with van der Waals surface area (Å²) >= 11 is 0. The second-order valence-electron chi connectivity index (χ2n) is 21.5. The molecular weight excluding hydrogens is 1160 g/mol. The number of fused-ring (bicyclic) bond motifs is 3. The average Bonchev–Trinajstić information content (AvgIpc) is 2.31. The molecule has 6 N–H and O–H groups in total. The lowest BCUT2D eigenvalue weighted by Gasteiger charge is -2.35. The van der Waals surface area contributed by atoms with E-state index >= 15 is 0 Å². The molecule has 6 aromatic rings. The smallest absolute Gasteiger partial charge is 0.446 e. The Hall–Kier alpha value is -5.73. The van der Waals surface area contributed by atoms with Crippen molar-refractivity contribution in [1.29, 1.82) is 0 Å². The zero-order chi connectivity index (χ0) is 60.7. The molecule has 0 bridgehead atoms. The lowest BCUT2D eigenvalue weighted by atomic mass is 9.88. The predicted molar refractivity (Wildman–Crippen MR) is 320 cm³/mol. The van der Waals surface area contributed by atoms with E-state index in [2.05, 4.69) is 38.2 Å². The first kappa shape index (κ1) is 64.8. The SMILES string of the molecule is CCC1(CC)CS(=O)(=O)c2cc(OS(=O)(=O)O)ccc2C(c2ccccc2)N1.CCCC1(CC)CS(=O)(=O)c2cc(O)ccc2C(c2ccccc2)N1.CCCC[C@]1(CC)CS(=O)(=O)c2cc(OS(=O)(=O)O)ccc2[C@@H](c2ccccc2)N1. The monoisotopic (exact) mass is 1240 g/mol. The van der Waals surface area contributed by atoms with Crippen molar-refractivity contribution in [3.05, 3.63) is 179 Å². The molecule has 0 fully saturated rings. The number of nitrogens with one attached hydrogen (secondary N) is 3. The first-order valence-corrected chi connectivity index (χ1v) is 35.4. The van der Waals surface area contributed by atoms with E-state index in [-0.39, 0.29) is 55.2 Å². The molecule has 0 saturated carbocycles. The molecule has 0 saturated heterocycles. The number of aromatic hydroxyl groups is 1. The molecule has 83 heavy (non-hydrogen) atoms. The summed E-state index contributed by atoms with van der Waals surface area (Å²) < 4.78 is 151. The van der Waals surface area contributed by atoms with Crippen molar-refractivity contribution in [2.75, 3.05) is 17.3 Å². The van der Waals surface area contributed by atoms with Gasteiger partial charge in [-0.2, -0.15) is 16.8 Å². The standard InChI is InChI=1S/C21H27NO6S2.C20H25NO3S.C19H23NO6S2/c1-3-5-13-21(4-2)15-29(23,24)19-14-17(28-30(25,26)27)11-12-18(19)20(22-21)16-9-7-6-8-10-16;1-3-12-20(4-2)14-25(23,24)18-13-16(22)10-11-17(18)19(21-20)15-8-6-5-7-9-15;1-3-19(4-2)13-27(21,22)17-12-15(26-28(23,24)25)10-11-16(17)18(20-19)14-8-6-5-7-9-14/h6-12,14,20,22H,3-5,13,15H2,1-2H3,(H,25,26,27);5-11,13,19,21-22H,3-4,12,14H2,1-2H3;5-12,18,20H,3-4,13H2,1-2H3,(H,23,24,25)/t20-,21-;;/m1../s1. The second kappa shape index (κ2) is 26.3. The number of rotatable bonds is 16. The Labute approximate surface area is 490 Å². The molecule has 6 aromatic carbocycles. The summed E-state index contributed by atoms with van der Waals surface area (Å²) in [6.07, 6.45) is 6.77. The fraction of sp³-hybridized carbons (Fsp3) is 0.400. The van der Waals surface area contributed by atoms with Crippen LogP contribution < -0.4 is 24.3 Å². The van der Waals surface area contributed by atoms with Crippen LogP contribution in [0.5, 0.6) is 17.2 Å². The number of benzene rings is 6. The fourth-order valence-corrected chi connectivity index (χ4v) is 18.7. The van der Waals surface area contributed by atoms with Gasteiger partial charge in [-0.25, -0.2) is 25.3 Å². The minimum absolute atomic E-state index is 0.00113. The Morgan fingerprint density at radius 3 is 1.11 bits per heavy atom. The van der Waals surface area contributed by atoms with Gasteiger partial charge in [-0.05, 0) is 96.2 Å². The summed E-state index contributed by atoms with van der Waals surface area (Å²) in [7, 11) is -20.5. The van der Waals surface area contributed by atoms with E-state index in [1.807, 2.05) is 119 Å². The molecule has 9 rings (SSSR count). The minimum atomic E-state index is -4.77. The molecule has 0 aromatic heterocycles. The van der Waals surface area contributed by atoms with E-state index in [9.17, 15) is 47.2 Å². The van der Waals surface area contributed by atoms with Crippen LogP contribution in [0.3, 0.4) is 0 Å². The molecule has 450 valence electrons. The number of sulfone groups is 3.